The van der Waals surface area contributed by atoms with Gasteiger partial charge in [0.1, 0.15) is 5.82 Å². The molecule has 1 aliphatic rings. The molecule has 5 nitrogen and oxygen atoms in total. The van der Waals surface area contributed by atoms with Crippen molar-refractivity contribution in [1.82, 2.24) is 15.0 Å². The topological polar surface area (TPSA) is 73.9 Å². The van der Waals surface area contributed by atoms with Crippen molar-refractivity contribution in [2.24, 2.45) is 0 Å². The van der Waals surface area contributed by atoms with E-state index in [2.05, 4.69) is 15.0 Å². The Morgan fingerprint density at radius 1 is 1.26 bits per heavy atom. The predicted octanol–water partition coefficient (Wildman–Crippen LogP) is 2.15. The van der Waals surface area contributed by atoms with Crippen LogP contribution in [0.4, 0.5) is 10.3 Å². The fourth-order valence-corrected chi connectivity index (χ4v) is 1.86. The van der Waals surface area contributed by atoms with E-state index in [0.29, 0.717) is 23.1 Å². The maximum atomic E-state index is 13.4. The lowest BCUT2D eigenvalue weighted by Crippen LogP contribution is -2.04. The van der Waals surface area contributed by atoms with E-state index in [9.17, 15) is 4.39 Å². The molecule has 0 aliphatic heterocycles. The number of halogens is 1. The first-order valence-electron chi connectivity index (χ1n) is 6.02. The van der Waals surface area contributed by atoms with Crippen LogP contribution >= 0.6 is 0 Å². The zero-order chi connectivity index (χ0) is 13.4. The Morgan fingerprint density at radius 2 is 2.05 bits per heavy atom. The maximum Gasteiger partial charge on any atom is 0.223 e. The van der Waals surface area contributed by atoms with E-state index >= 15 is 0 Å². The van der Waals surface area contributed by atoms with Crippen LogP contribution in [0.5, 0.6) is 5.75 Å². The molecular weight excluding hydrogens is 247 g/mol. The predicted molar refractivity (Wildman–Crippen MR) is 68.2 cm³/mol. The number of hydrogen-bond acceptors (Lipinski definition) is 5. The lowest BCUT2D eigenvalue weighted by Gasteiger charge is -2.06. The Hall–Kier alpha value is -2.24. The first-order chi connectivity index (χ1) is 9.17. The van der Waals surface area contributed by atoms with Crippen LogP contribution in [-0.4, -0.2) is 22.1 Å². The van der Waals surface area contributed by atoms with Crippen molar-refractivity contribution in [2.75, 3.05) is 12.8 Å². The average Bonchev–Trinajstić information content (AvgIpc) is 3.23. The van der Waals surface area contributed by atoms with Crippen LogP contribution in [0, 0.1) is 5.82 Å². The largest absolute Gasteiger partial charge is 0.494 e. The van der Waals surface area contributed by atoms with E-state index < -0.39 is 5.82 Å². The molecule has 0 bridgehead atoms. The van der Waals surface area contributed by atoms with Crippen molar-refractivity contribution >= 4 is 5.95 Å². The Kier molecular flexibility index (Phi) is 2.77. The van der Waals surface area contributed by atoms with Gasteiger partial charge in [-0.3, -0.25) is 0 Å². The monoisotopic (exact) mass is 260 g/mol. The second-order valence-corrected chi connectivity index (χ2v) is 4.50. The molecule has 0 radical (unpaired) electrons. The van der Waals surface area contributed by atoms with Gasteiger partial charge in [-0.15, -0.1) is 0 Å². The first-order valence-corrected chi connectivity index (χ1v) is 6.02. The number of aromatic nitrogens is 3. The van der Waals surface area contributed by atoms with E-state index in [1.807, 2.05) is 0 Å². The van der Waals surface area contributed by atoms with E-state index in [1.165, 1.54) is 13.2 Å². The Balaban J connectivity index is 2.05. The van der Waals surface area contributed by atoms with Crippen molar-refractivity contribution < 1.29 is 9.13 Å². The summed E-state index contributed by atoms with van der Waals surface area (Å²) in [7, 11) is 1.42. The summed E-state index contributed by atoms with van der Waals surface area (Å²) in [5.41, 5.74) is 6.36. The van der Waals surface area contributed by atoms with Crippen LogP contribution in [0.3, 0.4) is 0 Å². The van der Waals surface area contributed by atoms with Crippen LogP contribution in [0.25, 0.3) is 11.4 Å². The highest BCUT2D eigenvalue weighted by atomic mass is 19.1. The smallest absolute Gasteiger partial charge is 0.223 e. The molecule has 19 heavy (non-hydrogen) atoms. The van der Waals surface area contributed by atoms with Crippen molar-refractivity contribution in [2.45, 2.75) is 18.8 Å². The molecule has 0 saturated heterocycles. The lowest BCUT2D eigenvalue weighted by atomic mass is 10.2. The third-order valence-electron chi connectivity index (χ3n) is 3.02. The molecule has 1 heterocycles. The number of anilines is 1. The normalized spacial score (nSPS) is 14.4. The summed E-state index contributed by atoms with van der Waals surface area (Å²) < 4.78 is 18.3. The van der Waals surface area contributed by atoms with E-state index in [1.54, 1.807) is 12.1 Å². The van der Waals surface area contributed by atoms with Gasteiger partial charge in [0.15, 0.2) is 17.4 Å². The molecule has 1 aromatic heterocycles. The van der Waals surface area contributed by atoms with Gasteiger partial charge in [-0.1, -0.05) is 0 Å². The summed E-state index contributed by atoms with van der Waals surface area (Å²) in [5, 5.41) is 0. The first kappa shape index (κ1) is 11.8. The standard InChI is InChI=1S/C13H13FN4O/c1-19-10-6-8(4-5-9(10)14)12-16-11(7-2-3-7)17-13(15)18-12/h4-7H,2-3H2,1H3,(H2,15,16,17,18). The molecule has 2 aromatic rings. The van der Waals surface area contributed by atoms with Crippen LogP contribution in [-0.2, 0) is 0 Å². The van der Waals surface area contributed by atoms with Crippen molar-refractivity contribution in [1.29, 1.82) is 0 Å². The lowest BCUT2D eigenvalue weighted by molar-refractivity contribution is 0.386. The second kappa shape index (κ2) is 4.46. The number of methoxy groups -OCH3 is 1. The zero-order valence-electron chi connectivity index (χ0n) is 10.4. The van der Waals surface area contributed by atoms with Gasteiger partial charge in [0.05, 0.1) is 7.11 Å². The molecule has 0 unspecified atom stereocenters. The SMILES string of the molecule is COc1cc(-c2nc(N)nc(C3CC3)n2)ccc1F. The summed E-state index contributed by atoms with van der Waals surface area (Å²) in [6.45, 7) is 0. The molecular formula is C13H13FN4O. The number of nitrogens with two attached hydrogens (primary N) is 1. The summed E-state index contributed by atoms with van der Waals surface area (Å²) in [4.78, 5) is 12.6. The molecule has 1 fully saturated rings. The van der Waals surface area contributed by atoms with Crippen LogP contribution in [0.2, 0.25) is 0 Å². The van der Waals surface area contributed by atoms with Gasteiger partial charge < -0.3 is 10.5 Å². The third-order valence-corrected chi connectivity index (χ3v) is 3.02. The van der Waals surface area contributed by atoms with Gasteiger partial charge in [0.2, 0.25) is 5.95 Å². The molecule has 3 rings (SSSR count). The highest BCUT2D eigenvalue weighted by Gasteiger charge is 2.27. The minimum atomic E-state index is -0.421. The van der Waals surface area contributed by atoms with Crippen molar-refractivity contribution in [3.8, 4) is 17.1 Å². The average molecular weight is 260 g/mol. The van der Waals surface area contributed by atoms with Crippen LogP contribution in [0.15, 0.2) is 18.2 Å². The van der Waals surface area contributed by atoms with Crippen molar-refractivity contribution in [3.63, 3.8) is 0 Å². The third kappa shape index (κ3) is 2.33. The minimum absolute atomic E-state index is 0.157. The molecule has 0 atom stereocenters. The summed E-state index contributed by atoms with van der Waals surface area (Å²) in [6, 6.07) is 4.48. The molecule has 1 aliphatic carbocycles. The molecule has 0 spiro atoms. The van der Waals surface area contributed by atoms with E-state index in [-0.39, 0.29) is 11.7 Å². The number of rotatable bonds is 3. The zero-order valence-corrected chi connectivity index (χ0v) is 10.4. The molecule has 1 aromatic carbocycles. The number of hydrogen-bond donors (Lipinski definition) is 1. The number of benzene rings is 1. The quantitative estimate of drug-likeness (QED) is 0.915. The second-order valence-electron chi connectivity index (χ2n) is 4.50. The van der Waals surface area contributed by atoms with Crippen LogP contribution < -0.4 is 10.5 Å². The fraction of sp³-hybridized carbons (Fsp3) is 0.308. The highest BCUT2D eigenvalue weighted by molar-refractivity contribution is 5.58. The van der Waals surface area contributed by atoms with Crippen molar-refractivity contribution in [3.05, 3.63) is 29.8 Å². The summed E-state index contributed by atoms with van der Waals surface area (Å²) >= 11 is 0. The molecule has 1 saturated carbocycles. The number of nitrogens with zero attached hydrogens (tertiary/aromatic N) is 3. The molecule has 2 N–H and O–H groups in total. The molecule has 6 heteroatoms. The van der Waals surface area contributed by atoms with Gasteiger partial charge in [0.25, 0.3) is 0 Å². The minimum Gasteiger partial charge on any atom is -0.494 e. The van der Waals surface area contributed by atoms with Gasteiger partial charge in [-0.25, -0.2) is 9.37 Å². The fourth-order valence-electron chi connectivity index (χ4n) is 1.86. The number of ether oxygens (including phenoxy) is 1. The maximum absolute atomic E-state index is 13.4. The van der Waals surface area contributed by atoms with E-state index in [4.69, 9.17) is 10.5 Å². The summed E-state index contributed by atoms with van der Waals surface area (Å²) in [5.74, 6) is 1.47. The van der Waals surface area contributed by atoms with Gasteiger partial charge >= 0.3 is 0 Å². The van der Waals surface area contributed by atoms with Gasteiger partial charge in [-0.05, 0) is 31.0 Å². The van der Waals surface area contributed by atoms with Gasteiger partial charge in [0, 0.05) is 11.5 Å². The Labute approximate surface area is 109 Å². The highest BCUT2D eigenvalue weighted by Crippen LogP contribution is 2.38. The molecule has 0 amide bonds. The van der Waals surface area contributed by atoms with Crippen LogP contribution in [0.1, 0.15) is 24.6 Å². The molecule has 98 valence electrons. The Morgan fingerprint density at radius 3 is 2.74 bits per heavy atom. The van der Waals surface area contributed by atoms with E-state index in [0.717, 1.165) is 12.8 Å². The Bertz CT molecular complexity index is 628. The number of nitrogen functional groups attached to an aromatic ring is 1. The van der Waals surface area contributed by atoms with Gasteiger partial charge in [-0.2, -0.15) is 9.97 Å². The summed E-state index contributed by atoms with van der Waals surface area (Å²) in [6.07, 6.45) is 2.16.